The van der Waals surface area contributed by atoms with Gasteiger partial charge in [-0.2, -0.15) is 5.10 Å². The third kappa shape index (κ3) is 3.64. The molecule has 0 aliphatic heterocycles. The first-order valence-electron chi connectivity index (χ1n) is 8.57. The lowest BCUT2D eigenvalue weighted by Crippen LogP contribution is -2.16. The van der Waals surface area contributed by atoms with Crippen molar-refractivity contribution >= 4 is 22.8 Å². The van der Waals surface area contributed by atoms with Crippen molar-refractivity contribution in [3.63, 3.8) is 0 Å². The number of fused-ring (bicyclic) bond motifs is 1. The molecule has 0 radical (unpaired) electrons. The summed E-state index contributed by atoms with van der Waals surface area (Å²) in [7, 11) is 0. The van der Waals surface area contributed by atoms with Gasteiger partial charge in [0.15, 0.2) is 0 Å². The Morgan fingerprint density at radius 2 is 1.85 bits per heavy atom. The molecule has 130 valence electrons. The maximum absolute atomic E-state index is 12.3. The first-order chi connectivity index (χ1) is 12.8. The number of nitrogens with zero attached hydrogens (tertiary/aromatic N) is 3. The summed E-state index contributed by atoms with van der Waals surface area (Å²) >= 11 is 0. The molecule has 0 saturated heterocycles. The minimum Gasteiger partial charge on any atom is -0.342 e. The molecule has 4 aromatic rings. The van der Waals surface area contributed by atoms with Crippen molar-refractivity contribution in [3.8, 4) is 0 Å². The van der Waals surface area contributed by atoms with Crippen LogP contribution in [0.1, 0.15) is 17.8 Å². The number of rotatable bonds is 6. The Kier molecular flexibility index (Phi) is 4.47. The van der Waals surface area contributed by atoms with Crippen LogP contribution in [0.4, 0.5) is 5.82 Å². The maximum Gasteiger partial charge on any atom is 0.225 e. The van der Waals surface area contributed by atoms with Crippen LogP contribution in [-0.2, 0) is 17.8 Å². The Balaban J connectivity index is 1.37. The van der Waals surface area contributed by atoms with E-state index in [0.717, 1.165) is 22.4 Å². The van der Waals surface area contributed by atoms with Crippen molar-refractivity contribution in [1.82, 2.24) is 19.7 Å². The number of para-hydroxylation sites is 2. The van der Waals surface area contributed by atoms with E-state index in [9.17, 15) is 4.79 Å². The van der Waals surface area contributed by atoms with Crippen LogP contribution in [0.15, 0.2) is 66.9 Å². The normalized spacial score (nSPS) is 10.9. The highest BCUT2D eigenvalue weighted by molar-refractivity contribution is 5.90. The lowest BCUT2D eigenvalue weighted by atomic mass is 10.2. The average Bonchev–Trinajstić information content (AvgIpc) is 3.27. The second-order valence-corrected chi connectivity index (χ2v) is 6.11. The van der Waals surface area contributed by atoms with E-state index in [2.05, 4.69) is 20.4 Å². The van der Waals surface area contributed by atoms with Gasteiger partial charge in [0.2, 0.25) is 5.91 Å². The van der Waals surface area contributed by atoms with Gasteiger partial charge in [-0.15, -0.1) is 0 Å². The Morgan fingerprint density at radius 1 is 1.04 bits per heavy atom. The highest BCUT2D eigenvalue weighted by atomic mass is 16.1. The van der Waals surface area contributed by atoms with Crippen LogP contribution in [0.3, 0.4) is 0 Å². The van der Waals surface area contributed by atoms with Crippen LogP contribution >= 0.6 is 0 Å². The molecule has 2 aromatic heterocycles. The lowest BCUT2D eigenvalue weighted by Gasteiger charge is -2.09. The first-order valence-corrected chi connectivity index (χ1v) is 8.57. The Hall–Kier alpha value is -3.41. The minimum absolute atomic E-state index is 0.0553. The number of hydrogen-bond acceptors (Lipinski definition) is 3. The van der Waals surface area contributed by atoms with E-state index in [-0.39, 0.29) is 5.91 Å². The fraction of sp³-hybridized carbons (Fsp3) is 0.150. The fourth-order valence-corrected chi connectivity index (χ4v) is 2.88. The van der Waals surface area contributed by atoms with Crippen LogP contribution in [0.5, 0.6) is 0 Å². The van der Waals surface area contributed by atoms with Gasteiger partial charge in [-0.05, 0) is 17.7 Å². The molecule has 1 amide bonds. The first kappa shape index (κ1) is 16.1. The number of benzene rings is 2. The predicted molar refractivity (Wildman–Crippen MR) is 101 cm³/mol. The molecular weight excluding hydrogens is 326 g/mol. The number of aromatic nitrogens is 4. The van der Waals surface area contributed by atoms with E-state index in [4.69, 9.17) is 0 Å². The van der Waals surface area contributed by atoms with Gasteiger partial charge in [-0.25, -0.2) is 9.67 Å². The van der Waals surface area contributed by atoms with E-state index >= 15 is 0 Å². The van der Waals surface area contributed by atoms with E-state index in [0.29, 0.717) is 25.2 Å². The highest BCUT2D eigenvalue weighted by Gasteiger charge is 2.10. The van der Waals surface area contributed by atoms with Crippen molar-refractivity contribution in [2.45, 2.75) is 19.4 Å². The molecule has 2 N–H and O–H groups in total. The van der Waals surface area contributed by atoms with Crippen molar-refractivity contribution in [2.24, 2.45) is 0 Å². The van der Waals surface area contributed by atoms with Crippen molar-refractivity contribution in [2.75, 3.05) is 5.32 Å². The summed E-state index contributed by atoms with van der Waals surface area (Å²) in [5.41, 5.74) is 3.04. The number of H-pyrrole nitrogens is 1. The molecule has 0 aliphatic rings. The van der Waals surface area contributed by atoms with Gasteiger partial charge in [0.05, 0.1) is 23.8 Å². The van der Waals surface area contributed by atoms with Crippen LogP contribution in [-0.4, -0.2) is 25.7 Å². The molecule has 0 bridgehead atoms. The number of carbonyl (C=O) groups is 1. The molecule has 0 unspecified atom stereocenters. The Labute approximate surface area is 150 Å². The SMILES string of the molecule is O=C(CCc1nc2ccccc2[nH]1)Nc1ccnn1Cc1ccccc1. The number of anilines is 1. The van der Waals surface area contributed by atoms with Crippen LogP contribution in [0.25, 0.3) is 11.0 Å². The van der Waals surface area contributed by atoms with E-state index in [1.54, 1.807) is 10.9 Å². The summed E-state index contributed by atoms with van der Waals surface area (Å²) in [5, 5.41) is 7.23. The standard InChI is InChI=1S/C20H19N5O/c26-20(11-10-18-22-16-8-4-5-9-17(16)23-18)24-19-12-13-21-25(19)14-15-6-2-1-3-7-15/h1-9,12-13H,10-11,14H2,(H,22,23)(H,24,26). The largest absolute Gasteiger partial charge is 0.342 e. The monoisotopic (exact) mass is 345 g/mol. The van der Waals surface area contributed by atoms with Gasteiger partial charge in [-0.1, -0.05) is 42.5 Å². The summed E-state index contributed by atoms with van der Waals surface area (Å²) < 4.78 is 1.79. The van der Waals surface area contributed by atoms with E-state index in [1.807, 2.05) is 60.7 Å². The molecule has 0 atom stereocenters. The minimum atomic E-state index is -0.0553. The number of nitrogens with one attached hydrogen (secondary N) is 2. The van der Waals surface area contributed by atoms with Gasteiger partial charge in [0.25, 0.3) is 0 Å². The van der Waals surface area contributed by atoms with E-state index < -0.39 is 0 Å². The quantitative estimate of drug-likeness (QED) is 0.562. The number of imidazole rings is 1. The Bertz CT molecular complexity index is 986. The van der Waals surface area contributed by atoms with Crippen LogP contribution in [0, 0.1) is 0 Å². The third-order valence-corrected chi connectivity index (χ3v) is 4.19. The molecule has 6 heteroatoms. The zero-order valence-electron chi connectivity index (χ0n) is 14.2. The number of aryl methyl sites for hydroxylation is 1. The van der Waals surface area contributed by atoms with Gasteiger partial charge in [0, 0.05) is 18.9 Å². The fourth-order valence-electron chi connectivity index (χ4n) is 2.88. The van der Waals surface area contributed by atoms with Crippen LogP contribution in [0.2, 0.25) is 0 Å². The summed E-state index contributed by atoms with van der Waals surface area (Å²) in [6.07, 6.45) is 2.61. The molecule has 2 heterocycles. The molecule has 26 heavy (non-hydrogen) atoms. The summed E-state index contributed by atoms with van der Waals surface area (Å²) in [6.45, 7) is 0.618. The Morgan fingerprint density at radius 3 is 2.69 bits per heavy atom. The second kappa shape index (κ2) is 7.23. The number of carbonyl (C=O) groups excluding carboxylic acids is 1. The van der Waals surface area contributed by atoms with Crippen molar-refractivity contribution < 1.29 is 4.79 Å². The van der Waals surface area contributed by atoms with Gasteiger partial charge in [0.1, 0.15) is 11.6 Å². The number of amides is 1. The predicted octanol–water partition coefficient (Wildman–Crippen LogP) is 3.38. The summed E-state index contributed by atoms with van der Waals surface area (Å²) in [6, 6.07) is 19.7. The van der Waals surface area contributed by atoms with Crippen LogP contribution < -0.4 is 5.32 Å². The van der Waals surface area contributed by atoms with Crippen molar-refractivity contribution in [1.29, 1.82) is 0 Å². The van der Waals surface area contributed by atoms with Gasteiger partial charge in [-0.3, -0.25) is 4.79 Å². The molecule has 0 spiro atoms. The zero-order chi connectivity index (χ0) is 17.8. The summed E-state index contributed by atoms with van der Waals surface area (Å²) in [4.78, 5) is 20.1. The average molecular weight is 345 g/mol. The molecular formula is C20H19N5O. The van der Waals surface area contributed by atoms with Gasteiger partial charge < -0.3 is 10.3 Å². The van der Waals surface area contributed by atoms with Gasteiger partial charge >= 0.3 is 0 Å². The highest BCUT2D eigenvalue weighted by Crippen LogP contribution is 2.13. The third-order valence-electron chi connectivity index (χ3n) is 4.19. The molecule has 0 fully saturated rings. The molecule has 0 saturated carbocycles. The second-order valence-electron chi connectivity index (χ2n) is 6.11. The zero-order valence-corrected chi connectivity index (χ0v) is 14.2. The molecule has 6 nitrogen and oxygen atoms in total. The number of hydrogen-bond donors (Lipinski definition) is 2. The van der Waals surface area contributed by atoms with E-state index in [1.165, 1.54) is 0 Å². The van der Waals surface area contributed by atoms with Crippen molar-refractivity contribution in [3.05, 3.63) is 78.2 Å². The smallest absolute Gasteiger partial charge is 0.225 e. The maximum atomic E-state index is 12.3. The summed E-state index contributed by atoms with van der Waals surface area (Å²) in [5.74, 6) is 1.46. The molecule has 4 rings (SSSR count). The molecule has 0 aliphatic carbocycles. The topological polar surface area (TPSA) is 75.6 Å². The number of aromatic amines is 1. The molecule has 2 aromatic carbocycles. The lowest BCUT2D eigenvalue weighted by molar-refractivity contribution is -0.116.